The SMILES string of the molecule is CCN1CCN(CCC(=O)N[C@@H](C)/C=C/c2cnc(Oc3ccc(OCC4CC4)cc3Cl)s2)CC1. The van der Waals surface area contributed by atoms with Crippen molar-refractivity contribution in [3.63, 3.8) is 0 Å². The van der Waals surface area contributed by atoms with Gasteiger partial charge in [-0.2, -0.15) is 0 Å². The number of thiazole rings is 1. The number of hydrogen-bond donors (Lipinski definition) is 1. The van der Waals surface area contributed by atoms with Gasteiger partial charge < -0.3 is 24.6 Å². The number of halogens is 1. The summed E-state index contributed by atoms with van der Waals surface area (Å²) in [4.78, 5) is 22.4. The van der Waals surface area contributed by atoms with Crippen molar-refractivity contribution in [2.24, 2.45) is 5.92 Å². The first-order valence-corrected chi connectivity index (χ1v) is 13.7. The van der Waals surface area contributed by atoms with Crippen molar-refractivity contribution < 1.29 is 14.3 Å². The summed E-state index contributed by atoms with van der Waals surface area (Å²) in [6.07, 6.45) is 8.69. The highest BCUT2D eigenvalue weighted by Crippen LogP contribution is 2.35. The van der Waals surface area contributed by atoms with Crippen molar-refractivity contribution in [1.82, 2.24) is 20.1 Å². The van der Waals surface area contributed by atoms with E-state index in [9.17, 15) is 4.79 Å². The Labute approximate surface area is 217 Å². The van der Waals surface area contributed by atoms with E-state index < -0.39 is 0 Å². The molecular formula is C26H35ClN4O3S. The van der Waals surface area contributed by atoms with Crippen LogP contribution in [0.5, 0.6) is 16.7 Å². The fraction of sp³-hybridized carbons (Fsp3) is 0.538. The topological polar surface area (TPSA) is 66.9 Å². The Kier molecular flexibility index (Phi) is 9.43. The van der Waals surface area contributed by atoms with Gasteiger partial charge in [-0.3, -0.25) is 4.79 Å². The van der Waals surface area contributed by atoms with Crippen molar-refractivity contribution in [2.75, 3.05) is 45.9 Å². The maximum Gasteiger partial charge on any atom is 0.279 e. The highest BCUT2D eigenvalue weighted by molar-refractivity contribution is 7.14. The minimum Gasteiger partial charge on any atom is -0.493 e. The molecule has 2 aliphatic rings. The Bertz CT molecular complexity index is 1000. The first-order chi connectivity index (χ1) is 17.0. The standard InChI is InChI=1S/C26H35ClN4O3S/c1-3-30-12-14-31(15-13-30)11-10-25(32)29-19(2)4-8-22-17-28-26(35-22)34-24-9-7-21(16-23(24)27)33-18-20-5-6-20/h4,7-9,16-17,19-20H,3,5-6,10-15,18H2,1-2H3,(H,29,32)/b8-4+/t19-/m0/s1. The average Bonchev–Trinajstić information content (AvgIpc) is 3.59. The summed E-state index contributed by atoms with van der Waals surface area (Å²) in [7, 11) is 0. The van der Waals surface area contributed by atoms with Gasteiger partial charge in [0.05, 0.1) is 16.5 Å². The number of amides is 1. The molecule has 1 aromatic carbocycles. The van der Waals surface area contributed by atoms with E-state index in [4.69, 9.17) is 21.1 Å². The summed E-state index contributed by atoms with van der Waals surface area (Å²) < 4.78 is 11.6. The van der Waals surface area contributed by atoms with Gasteiger partial charge >= 0.3 is 0 Å². The zero-order valence-electron chi connectivity index (χ0n) is 20.5. The average molecular weight is 519 g/mol. The smallest absolute Gasteiger partial charge is 0.279 e. The molecule has 2 aromatic rings. The summed E-state index contributed by atoms with van der Waals surface area (Å²) in [5.74, 6) is 2.07. The van der Waals surface area contributed by atoms with Crippen molar-refractivity contribution in [3.05, 3.63) is 40.4 Å². The molecule has 0 radical (unpaired) electrons. The first-order valence-electron chi connectivity index (χ1n) is 12.5. The lowest BCUT2D eigenvalue weighted by atomic mass is 10.2. The number of piperazine rings is 1. The molecule has 2 fully saturated rings. The number of rotatable bonds is 12. The molecule has 1 amide bonds. The van der Waals surface area contributed by atoms with E-state index in [1.807, 2.05) is 31.2 Å². The minimum absolute atomic E-state index is 0.0662. The summed E-state index contributed by atoms with van der Waals surface area (Å²) >= 11 is 7.79. The van der Waals surface area contributed by atoms with E-state index in [2.05, 4.69) is 27.0 Å². The molecule has 1 atom stereocenters. The van der Waals surface area contributed by atoms with Crippen LogP contribution in [0.3, 0.4) is 0 Å². The molecule has 1 N–H and O–H groups in total. The van der Waals surface area contributed by atoms with Gasteiger partial charge in [-0.05, 0) is 50.4 Å². The zero-order valence-corrected chi connectivity index (χ0v) is 22.1. The molecule has 0 bridgehead atoms. The van der Waals surface area contributed by atoms with E-state index in [0.29, 0.717) is 28.3 Å². The maximum atomic E-state index is 12.3. The largest absolute Gasteiger partial charge is 0.493 e. The molecule has 1 saturated carbocycles. The number of benzene rings is 1. The first kappa shape index (κ1) is 25.9. The predicted octanol–water partition coefficient (Wildman–Crippen LogP) is 4.92. The molecular weight excluding hydrogens is 484 g/mol. The highest BCUT2D eigenvalue weighted by Gasteiger charge is 2.22. The lowest BCUT2D eigenvalue weighted by Crippen LogP contribution is -2.47. The van der Waals surface area contributed by atoms with Crippen LogP contribution in [0.2, 0.25) is 5.02 Å². The van der Waals surface area contributed by atoms with Crippen LogP contribution in [0.25, 0.3) is 6.08 Å². The molecule has 1 aliphatic carbocycles. The van der Waals surface area contributed by atoms with Gasteiger partial charge in [0.25, 0.3) is 5.19 Å². The fourth-order valence-corrected chi connectivity index (χ4v) is 4.74. The molecule has 1 aromatic heterocycles. The third-order valence-corrected chi connectivity index (χ3v) is 7.43. The number of carbonyl (C=O) groups is 1. The van der Waals surface area contributed by atoms with Gasteiger partial charge in [0.15, 0.2) is 0 Å². The van der Waals surface area contributed by atoms with Gasteiger partial charge in [-0.15, -0.1) is 0 Å². The van der Waals surface area contributed by atoms with Gasteiger partial charge in [0.2, 0.25) is 5.91 Å². The predicted molar refractivity (Wildman–Crippen MR) is 142 cm³/mol. The molecule has 2 heterocycles. The molecule has 7 nitrogen and oxygen atoms in total. The fourth-order valence-electron chi connectivity index (χ4n) is 3.84. The molecule has 1 aliphatic heterocycles. The van der Waals surface area contributed by atoms with Crippen molar-refractivity contribution in [1.29, 1.82) is 0 Å². The monoisotopic (exact) mass is 518 g/mol. The van der Waals surface area contributed by atoms with Crippen LogP contribution in [-0.4, -0.2) is 72.6 Å². The quantitative estimate of drug-likeness (QED) is 0.430. The highest BCUT2D eigenvalue weighted by atomic mass is 35.5. The second-order valence-electron chi connectivity index (χ2n) is 9.22. The van der Waals surface area contributed by atoms with E-state index in [0.717, 1.165) is 56.5 Å². The number of aromatic nitrogens is 1. The third kappa shape index (κ3) is 8.49. The molecule has 190 valence electrons. The molecule has 1 saturated heterocycles. The summed E-state index contributed by atoms with van der Waals surface area (Å²) in [6, 6.07) is 5.39. The van der Waals surface area contributed by atoms with Crippen LogP contribution in [-0.2, 0) is 4.79 Å². The summed E-state index contributed by atoms with van der Waals surface area (Å²) in [6.45, 7) is 11.1. The number of hydrogen-bond acceptors (Lipinski definition) is 7. The lowest BCUT2D eigenvalue weighted by Gasteiger charge is -2.33. The number of nitrogens with one attached hydrogen (secondary N) is 1. The minimum atomic E-state index is -0.0662. The Hall–Kier alpha value is -2.13. The van der Waals surface area contributed by atoms with Crippen LogP contribution in [0, 0.1) is 5.92 Å². The van der Waals surface area contributed by atoms with E-state index >= 15 is 0 Å². The number of ether oxygens (including phenoxy) is 2. The zero-order chi connectivity index (χ0) is 24.6. The molecule has 0 spiro atoms. The summed E-state index contributed by atoms with van der Waals surface area (Å²) in [5.41, 5.74) is 0. The van der Waals surface area contributed by atoms with Crippen LogP contribution in [0.4, 0.5) is 0 Å². The Morgan fingerprint density at radius 1 is 1.29 bits per heavy atom. The van der Waals surface area contributed by atoms with Crippen molar-refractivity contribution in [3.8, 4) is 16.7 Å². The molecule has 9 heteroatoms. The molecule has 0 unspecified atom stereocenters. The van der Waals surface area contributed by atoms with E-state index in [1.54, 1.807) is 12.3 Å². The van der Waals surface area contributed by atoms with Crippen LogP contribution < -0.4 is 14.8 Å². The summed E-state index contributed by atoms with van der Waals surface area (Å²) in [5, 5.41) is 4.06. The Balaban J connectivity index is 1.19. The van der Waals surface area contributed by atoms with Crippen molar-refractivity contribution >= 4 is 34.9 Å². The van der Waals surface area contributed by atoms with Crippen LogP contribution in [0.15, 0.2) is 30.5 Å². The van der Waals surface area contributed by atoms with Crippen molar-refractivity contribution in [2.45, 2.75) is 39.2 Å². The van der Waals surface area contributed by atoms with Gasteiger partial charge in [-0.25, -0.2) is 4.98 Å². The molecule has 4 rings (SSSR count). The Morgan fingerprint density at radius 2 is 2.06 bits per heavy atom. The van der Waals surface area contributed by atoms with Crippen LogP contribution >= 0.6 is 22.9 Å². The Morgan fingerprint density at radius 3 is 2.77 bits per heavy atom. The maximum absolute atomic E-state index is 12.3. The third-order valence-electron chi connectivity index (χ3n) is 6.29. The normalized spacial score (nSPS) is 18.0. The number of likely N-dealkylation sites (N-methyl/N-ethyl adjacent to an activating group) is 1. The van der Waals surface area contributed by atoms with E-state index in [1.165, 1.54) is 24.2 Å². The second-order valence-corrected chi connectivity index (χ2v) is 10.7. The lowest BCUT2D eigenvalue weighted by molar-refractivity contribution is -0.121. The van der Waals surface area contributed by atoms with Gasteiger partial charge in [0, 0.05) is 57.4 Å². The van der Waals surface area contributed by atoms with Gasteiger partial charge in [0.1, 0.15) is 11.5 Å². The van der Waals surface area contributed by atoms with Gasteiger partial charge in [-0.1, -0.05) is 35.9 Å². The molecule has 35 heavy (non-hydrogen) atoms. The van der Waals surface area contributed by atoms with E-state index in [-0.39, 0.29) is 11.9 Å². The number of carbonyl (C=O) groups excluding carboxylic acids is 1. The second kappa shape index (κ2) is 12.7. The number of nitrogens with zero attached hydrogens (tertiary/aromatic N) is 3. The van der Waals surface area contributed by atoms with Crippen LogP contribution in [0.1, 0.15) is 38.0 Å².